The van der Waals surface area contributed by atoms with E-state index in [1.54, 1.807) is 0 Å². The van der Waals surface area contributed by atoms with Gasteiger partial charge in [-0.15, -0.1) is 0 Å². The lowest BCUT2D eigenvalue weighted by molar-refractivity contribution is -0.0704. The van der Waals surface area contributed by atoms with Crippen LogP contribution in [-0.4, -0.2) is 35.2 Å². The Balaban J connectivity index is 1.58. The molecule has 1 aromatic heterocycles. The van der Waals surface area contributed by atoms with E-state index in [0.717, 1.165) is 40.8 Å². The summed E-state index contributed by atoms with van der Waals surface area (Å²) in [6.45, 7) is 7.10. The lowest BCUT2D eigenvalue weighted by atomic mass is 10.1. The first-order valence-corrected chi connectivity index (χ1v) is 9.39. The van der Waals surface area contributed by atoms with Gasteiger partial charge in [-0.05, 0) is 49.7 Å². The van der Waals surface area contributed by atoms with Crippen LogP contribution in [0.3, 0.4) is 0 Å². The van der Waals surface area contributed by atoms with Gasteiger partial charge >= 0.3 is 0 Å². The Morgan fingerprint density at radius 2 is 1.92 bits per heavy atom. The van der Waals surface area contributed by atoms with Crippen molar-refractivity contribution >= 4 is 27.0 Å². The van der Waals surface area contributed by atoms with Crippen molar-refractivity contribution in [3.05, 3.63) is 52.5 Å². The third-order valence-corrected chi connectivity index (χ3v) is 4.92. The van der Waals surface area contributed by atoms with Crippen molar-refractivity contribution in [2.24, 2.45) is 0 Å². The summed E-state index contributed by atoms with van der Waals surface area (Å²) in [5, 5.41) is 0. The number of ether oxygens (including phenoxy) is 1. The molecule has 4 rings (SSSR count). The first kappa shape index (κ1) is 16.8. The zero-order chi connectivity index (χ0) is 17.4. The van der Waals surface area contributed by atoms with Crippen LogP contribution in [0, 0.1) is 0 Å². The molecule has 0 saturated carbocycles. The van der Waals surface area contributed by atoms with Crippen molar-refractivity contribution in [3.8, 4) is 11.5 Å². The van der Waals surface area contributed by atoms with E-state index in [1.165, 1.54) is 5.56 Å². The topological polar surface area (TPSA) is 38.5 Å². The number of rotatable bonds is 3. The fourth-order valence-corrected chi connectivity index (χ4v) is 3.89. The Bertz CT molecular complexity index is 882. The van der Waals surface area contributed by atoms with Crippen LogP contribution in [0.25, 0.3) is 22.6 Å². The highest BCUT2D eigenvalue weighted by molar-refractivity contribution is 9.10. The smallest absolute Gasteiger partial charge is 0.227 e. The van der Waals surface area contributed by atoms with Gasteiger partial charge in [-0.25, -0.2) is 4.98 Å². The number of aromatic nitrogens is 1. The van der Waals surface area contributed by atoms with E-state index in [9.17, 15) is 0 Å². The highest BCUT2D eigenvalue weighted by Gasteiger charge is 2.22. The van der Waals surface area contributed by atoms with Gasteiger partial charge in [-0.1, -0.05) is 28.1 Å². The fourth-order valence-electron chi connectivity index (χ4n) is 3.49. The van der Waals surface area contributed by atoms with E-state index >= 15 is 0 Å². The van der Waals surface area contributed by atoms with E-state index in [4.69, 9.17) is 9.15 Å². The summed E-state index contributed by atoms with van der Waals surface area (Å²) in [5.41, 5.74) is 3.95. The number of hydrogen-bond acceptors (Lipinski definition) is 4. The zero-order valence-corrected chi connectivity index (χ0v) is 16.0. The van der Waals surface area contributed by atoms with Crippen molar-refractivity contribution in [1.29, 1.82) is 0 Å². The van der Waals surface area contributed by atoms with Crippen LogP contribution in [0.4, 0.5) is 0 Å². The summed E-state index contributed by atoms with van der Waals surface area (Å²) in [4.78, 5) is 7.12. The quantitative estimate of drug-likeness (QED) is 0.628. The van der Waals surface area contributed by atoms with Crippen molar-refractivity contribution in [3.63, 3.8) is 0 Å². The van der Waals surface area contributed by atoms with Gasteiger partial charge in [-0.2, -0.15) is 0 Å². The van der Waals surface area contributed by atoms with E-state index in [2.05, 4.69) is 51.8 Å². The van der Waals surface area contributed by atoms with Crippen molar-refractivity contribution in [2.75, 3.05) is 13.1 Å². The number of benzene rings is 2. The second-order valence-electron chi connectivity index (χ2n) is 6.78. The molecule has 2 atom stereocenters. The molecule has 0 spiro atoms. The van der Waals surface area contributed by atoms with Crippen molar-refractivity contribution < 1.29 is 9.15 Å². The lowest BCUT2D eigenvalue weighted by Crippen LogP contribution is -2.44. The molecule has 0 radical (unpaired) electrons. The van der Waals surface area contributed by atoms with Gasteiger partial charge in [0.15, 0.2) is 5.58 Å². The van der Waals surface area contributed by atoms with E-state index in [1.807, 2.05) is 30.3 Å². The van der Waals surface area contributed by atoms with E-state index in [-0.39, 0.29) is 12.2 Å². The van der Waals surface area contributed by atoms with Gasteiger partial charge in [0.05, 0.1) is 12.2 Å². The SMILES string of the molecule is C[C@H]1CN(Cc2ccc3oc(-c4cccc(Br)c4)nc3c2)C[C@H](C)O1. The van der Waals surface area contributed by atoms with Crippen molar-refractivity contribution in [1.82, 2.24) is 9.88 Å². The first-order chi connectivity index (χ1) is 12.1. The Morgan fingerprint density at radius 1 is 1.12 bits per heavy atom. The first-order valence-electron chi connectivity index (χ1n) is 8.60. The molecule has 130 valence electrons. The Labute approximate surface area is 155 Å². The van der Waals surface area contributed by atoms with Gasteiger partial charge in [0.25, 0.3) is 0 Å². The van der Waals surface area contributed by atoms with Crippen LogP contribution in [0.1, 0.15) is 19.4 Å². The minimum absolute atomic E-state index is 0.280. The van der Waals surface area contributed by atoms with Gasteiger partial charge in [-0.3, -0.25) is 4.90 Å². The molecule has 25 heavy (non-hydrogen) atoms. The molecule has 0 unspecified atom stereocenters. The minimum atomic E-state index is 0.280. The summed E-state index contributed by atoms with van der Waals surface area (Å²) in [5.74, 6) is 0.655. The third kappa shape index (κ3) is 3.78. The molecule has 0 amide bonds. The van der Waals surface area contributed by atoms with Gasteiger partial charge in [0.1, 0.15) is 5.52 Å². The van der Waals surface area contributed by atoms with Crippen LogP contribution >= 0.6 is 15.9 Å². The number of oxazole rings is 1. The molecular formula is C20H21BrN2O2. The molecule has 1 aliphatic heterocycles. The second-order valence-corrected chi connectivity index (χ2v) is 7.70. The summed E-state index contributed by atoms with van der Waals surface area (Å²) in [6.07, 6.45) is 0.560. The van der Waals surface area contributed by atoms with Crippen molar-refractivity contribution in [2.45, 2.75) is 32.6 Å². The monoisotopic (exact) mass is 400 g/mol. The average Bonchev–Trinajstić information content (AvgIpc) is 2.97. The van der Waals surface area contributed by atoms with E-state index in [0.29, 0.717) is 5.89 Å². The zero-order valence-electron chi connectivity index (χ0n) is 14.4. The molecule has 3 aromatic rings. The van der Waals surface area contributed by atoms with Crippen LogP contribution in [0.5, 0.6) is 0 Å². The fraction of sp³-hybridized carbons (Fsp3) is 0.350. The van der Waals surface area contributed by atoms with Gasteiger partial charge in [0.2, 0.25) is 5.89 Å². The number of halogens is 1. The molecule has 0 bridgehead atoms. The molecule has 1 aliphatic rings. The molecule has 0 aliphatic carbocycles. The minimum Gasteiger partial charge on any atom is -0.436 e. The molecule has 5 heteroatoms. The third-order valence-electron chi connectivity index (χ3n) is 4.42. The van der Waals surface area contributed by atoms with Gasteiger partial charge < -0.3 is 9.15 Å². The highest BCUT2D eigenvalue weighted by atomic mass is 79.9. The van der Waals surface area contributed by atoms with Gasteiger partial charge in [0, 0.05) is 29.7 Å². The predicted molar refractivity (Wildman–Crippen MR) is 102 cm³/mol. The maximum Gasteiger partial charge on any atom is 0.227 e. The molecule has 0 N–H and O–H groups in total. The molecule has 4 nitrogen and oxygen atoms in total. The van der Waals surface area contributed by atoms with E-state index < -0.39 is 0 Å². The van der Waals surface area contributed by atoms with Crippen LogP contribution in [-0.2, 0) is 11.3 Å². The molecule has 1 saturated heterocycles. The average molecular weight is 401 g/mol. The molecular weight excluding hydrogens is 380 g/mol. The second kappa shape index (κ2) is 6.90. The standard InChI is InChI=1S/C20H21BrN2O2/c1-13-10-23(11-14(2)24-13)12-15-6-7-19-18(8-15)22-20(25-19)16-4-3-5-17(21)9-16/h3-9,13-14H,10-12H2,1-2H3/t13-,14-/m0/s1. The summed E-state index contributed by atoms with van der Waals surface area (Å²) >= 11 is 3.49. The Kier molecular flexibility index (Phi) is 4.63. The largest absolute Gasteiger partial charge is 0.436 e. The Morgan fingerprint density at radius 3 is 2.68 bits per heavy atom. The molecule has 2 heterocycles. The summed E-state index contributed by atoms with van der Waals surface area (Å²) < 4.78 is 12.8. The maximum absolute atomic E-state index is 5.92. The van der Waals surface area contributed by atoms with Crippen LogP contribution in [0.2, 0.25) is 0 Å². The lowest BCUT2D eigenvalue weighted by Gasteiger charge is -2.35. The number of morpholine rings is 1. The number of nitrogens with zero attached hydrogens (tertiary/aromatic N) is 2. The maximum atomic E-state index is 5.92. The number of fused-ring (bicyclic) bond motifs is 1. The summed E-state index contributed by atoms with van der Waals surface area (Å²) in [7, 11) is 0. The molecule has 1 fully saturated rings. The highest BCUT2D eigenvalue weighted by Crippen LogP contribution is 2.27. The summed E-state index contributed by atoms with van der Waals surface area (Å²) in [6, 6.07) is 14.3. The van der Waals surface area contributed by atoms with Crippen LogP contribution in [0.15, 0.2) is 51.4 Å². The Hall–Kier alpha value is -1.69. The molecule has 2 aromatic carbocycles. The predicted octanol–water partition coefficient (Wildman–Crippen LogP) is 4.87. The number of hydrogen-bond donors (Lipinski definition) is 0. The normalized spacial score (nSPS) is 21.7. The van der Waals surface area contributed by atoms with Crippen LogP contribution < -0.4 is 0 Å².